The molecule has 0 unspecified atom stereocenters. The van der Waals surface area contributed by atoms with Gasteiger partial charge in [-0.15, -0.1) is 0 Å². The molecule has 1 N–H and O–H groups in total. The minimum absolute atomic E-state index is 0.0382. The van der Waals surface area contributed by atoms with E-state index < -0.39 is 28.2 Å². The fourth-order valence-electron chi connectivity index (χ4n) is 2.11. The summed E-state index contributed by atoms with van der Waals surface area (Å²) in [6.07, 6.45) is 1.51. The van der Waals surface area contributed by atoms with Gasteiger partial charge in [0.2, 0.25) is 5.82 Å². The molecule has 0 saturated carbocycles. The molecule has 1 aromatic heterocycles. The Morgan fingerprint density at radius 3 is 2.52 bits per heavy atom. The lowest BCUT2D eigenvalue weighted by Gasteiger charge is -2.04. The number of nitrogens with zero attached hydrogens (tertiary/aromatic N) is 3. The van der Waals surface area contributed by atoms with Crippen molar-refractivity contribution in [2.45, 2.75) is 0 Å². The lowest BCUT2D eigenvalue weighted by molar-refractivity contribution is -0.387. The average molecular weight is 344 g/mol. The zero-order valence-electron chi connectivity index (χ0n) is 12.5. The number of carbonyl (C=O) groups is 1. The molecule has 3 aromatic rings. The molecule has 7 nitrogen and oxygen atoms in total. The van der Waals surface area contributed by atoms with Crippen molar-refractivity contribution in [2.75, 3.05) is 5.32 Å². The number of rotatable bonds is 4. The molecule has 126 valence electrons. The molecule has 2 aromatic carbocycles. The van der Waals surface area contributed by atoms with Crippen LogP contribution >= 0.6 is 0 Å². The number of anilines is 1. The maximum Gasteiger partial charge on any atom is 0.306 e. The molecule has 0 aliphatic heterocycles. The maximum absolute atomic E-state index is 13.3. The SMILES string of the molecule is O=C(Nc1ccc(F)c([N+](=O)[O-])c1)c1ccn(-c2ccc(F)cc2)n1. The van der Waals surface area contributed by atoms with Crippen LogP contribution < -0.4 is 5.32 Å². The molecule has 0 aliphatic carbocycles. The molecule has 0 atom stereocenters. The number of hydrogen-bond donors (Lipinski definition) is 1. The number of nitro groups is 1. The first kappa shape index (κ1) is 16.2. The molecule has 0 bridgehead atoms. The Morgan fingerprint density at radius 2 is 1.84 bits per heavy atom. The van der Waals surface area contributed by atoms with Gasteiger partial charge in [-0.3, -0.25) is 14.9 Å². The van der Waals surface area contributed by atoms with Crippen LogP contribution in [-0.4, -0.2) is 20.6 Å². The van der Waals surface area contributed by atoms with Crippen molar-refractivity contribution < 1.29 is 18.5 Å². The summed E-state index contributed by atoms with van der Waals surface area (Å²) >= 11 is 0. The van der Waals surface area contributed by atoms with Crippen LogP contribution in [0.2, 0.25) is 0 Å². The minimum Gasteiger partial charge on any atom is -0.320 e. The van der Waals surface area contributed by atoms with Gasteiger partial charge in [0.05, 0.1) is 10.6 Å². The topological polar surface area (TPSA) is 90.1 Å². The Labute approximate surface area is 139 Å². The van der Waals surface area contributed by atoms with E-state index in [4.69, 9.17) is 0 Å². The Morgan fingerprint density at radius 1 is 1.12 bits per heavy atom. The van der Waals surface area contributed by atoms with Crippen LogP contribution in [0.15, 0.2) is 54.7 Å². The van der Waals surface area contributed by atoms with Gasteiger partial charge in [-0.1, -0.05) is 0 Å². The summed E-state index contributed by atoms with van der Waals surface area (Å²) in [6, 6.07) is 9.95. The van der Waals surface area contributed by atoms with Crippen LogP contribution in [0.25, 0.3) is 5.69 Å². The summed E-state index contributed by atoms with van der Waals surface area (Å²) in [5.74, 6) is -2.02. The first-order valence-electron chi connectivity index (χ1n) is 7.01. The van der Waals surface area contributed by atoms with E-state index in [1.165, 1.54) is 47.3 Å². The normalized spacial score (nSPS) is 10.5. The third kappa shape index (κ3) is 3.50. The summed E-state index contributed by atoms with van der Waals surface area (Å²) in [5.41, 5.74) is -0.0850. The quantitative estimate of drug-likeness (QED) is 0.581. The predicted octanol–water partition coefficient (Wildman–Crippen LogP) is 3.31. The number of hydrogen-bond acceptors (Lipinski definition) is 4. The van der Waals surface area contributed by atoms with E-state index in [1.807, 2.05) is 0 Å². The van der Waals surface area contributed by atoms with Crippen LogP contribution in [0.4, 0.5) is 20.2 Å². The van der Waals surface area contributed by atoms with E-state index >= 15 is 0 Å². The summed E-state index contributed by atoms with van der Waals surface area (Å²) in [7, 11) is 0. The van der Waals surface area contributed by atoms with E-state index in [0.717, 1.165) is 12.1 Å². The molecular weight excluding hydrogens is 334 g/mol. The van der Waals surface area contributed by atoms with Gasteiger partial charge in [-0.25, -0.2) is 9.07 Å². The van der Waals surface area contributed by atoms with Gasteiger partial charge in [0.25, 0.3) is 5.91 Å². The Kier molecular flexibility index (Phi) is 4.21. The minimum atomic E-state index is -0.997. The van der Waals surface area contributed by atoms with Crippen molar-refractivity contribution in [3.05, 3.63) is 82.2 Å². The van der Waals surface area contributed by atoms with Crippen LogP contribution in [0, 0.1) is 21.7 Å². The molecule has 0 spiro atoms. The lowest BCUT2D eigenvalue weighted by atomic mass is 10.2. The highest BCUT2D eigenvalue weighted by Gasteiger charge is 2.17. The third-order valence-electron chi connectivity index (χ3n) is 3.31. The molecule has 1 heterocycles. The number of benzene rings is 2. The number of carbonyl (C=O) groups excluding carboxylic acids is 1. The first-order valence-corrected chi connectivity index (χ1v) is 7.01. The second kappa shape index (κ2) is 6.48. The second-order valence-corrected chi connectivity index (χ2v) is 5.00. The number of aromatic nitrogens is 2. The van der Waals surface area contributed by atoms with Crippen LogP contribution in [0.5, 0.6) is 0 Å². The highest BCUT2D eigenvalue weighted by Crippen LogP contribution is 2.22. The molecule has 0 radical (unpaired) electrons. The standard InChI is InChI=1S/C16H10F2N4O3/c17-10-1-4-12(5-2-10)21-8-7-14(20-21)16(23)19-11-3-6-13(18)15(9-11)22(24)25/h1-9H,(H,19,23). The van der Waals surface area contributed by atoms with Gasteiger partial charge >= 0.3 is 5.69 Å². The van der Waals surface area contributed by atoms with E-state index in [1.54, 1.807) is 0 Å². The van der Waals surface area contributed by atoms with E-state index in [9.17, 15) is 23.7 Å². The number of nitrogens with one attached hydrogen (secondary N) is 1. The molecule has 0 aliphatic rings. The van der Waals surface area contributed by atoms with Crippen molar-refractivity contribution in [3.63, 3.8) is 0 Å². The van der Waals surface area contributed by atoms with Gasteiger partial charge in [-0.2, -0.15) is 9.49 Å². The number of halogens is 2. The molecule has 9 heteroatoms. The van der Waals surface area contributed by atoms with E-state index in [-0.39, 0.29) is 11.4 Å². The lowest BCUT2D eigenvalue weighted by Crippen LogP contribution is -2.13. The van der Waals surface area contributed by atoms with E-state index in [0.29, 0.717) is 5.69 Å². The predicted molar refractivity (Wildman–Crippen MR) is 84.5 cm³/mol. The Bertz CT molecular complexity index is 954. The Hall–Kier alpha value is -3.62. The van der Waals surface area contributed by atoms with Crippen molar-refractivity contribution in [3.8, 4) is 5.69 Å². The summed E-state index contributed by atoms with van der Waals surface area (Å²) in [6.45, 7) is 0. The van der Waals surface area contributed by atoms with Crippen molar-refractivity contribution in [1.82, 2.24) is 9.78 Å². The molecule has 3 rings (SSSR count). The zero-order chi connectivity index (χ0) is 18.0. The second-order valence-electron chi connectivity index (χ2n) is 5.00. The monoisotopic (exact) mass is 344 g/mol. The highest BCUT2D eigenvalue weighted by atomic mass is 19.1. The average Bonchev–Trinajstić information content (AvgIpc) is 3.07. The van der Waals surface area contributed by atoms with Crippen molar-refractivity contribution in [1.29, 1.82) is 0 Å². The number of amides is 1. The van der Waals surface area contributed by atoms with Crippen LogP contribution in [0.1, 0.15) is 10.5 Å². The zero-order valence-corrected chi connectivity index (χ0v) is 12.5. The highest BCUT2D eigenvalue weighted by molar-refractivity contribution is 6.03. The summed E-state index contributed by atoms with van der Waals surface area (Å²) in [4.78, 5) is 22.0. The van der Waals surface area contributed by atoms with Gasteiger partial charge in [0.1, 0.15) is 5.82 Å². The summed E-state index contributed by atoms with van der Waals surface area (Å²) < 4.78 is 27.6. The largest absolute Gasteiger partial charge is 0.320 e. The van der Waals surface area contributed by atoms with Crippen LogP contribution in [0.3, 0.4) is 0 Å². The van der Waals surface area contributed by atoms with E-state index in [2.05, 4.69) is 10.4 Å². The smallest absolute Gasteiger partial charge is 0.306 e. The summed E-state index contributed by atoms with van der Waals surface area (Å²) in [5, 5.41) is 17.2. The molecule has 1 amide bonds. The van der Waals surface area contributed by atoms with Crippen molar-refractivity contribution >= 4 is 17.3 Å². The fraction of sp³-hybridized carbons (Fsp3) is 0. The third-order valence-corrected chi connectivity index (χ3v) is 3.31. The van der Waals surface area contributed by atoms with Gasteiger partial charge in [0.15, 0.2) is 5.69 Å². The number of nitro benzene ring substituents is 1. The maximum atomic E-state index is 13.3. The molecule has 0 saturated heterocycles. The van der Waals surface area contributed by atoms with Gasteiger partial charge in [-0.05, 0) is 42.5 Å². The van der Waals surface area contributed by atoms with Gasteiger partial charge in [0, 0.05) is 18.0 Å². The molecular formula is C16H10F2N4O3. The molecule has 0 fully saturated rings. The molecule has 25 heavy (non-hydrogen) atoms. The van der Waals surface area contributed by atoms with Crippen molar-refractivity contribution in [2.24, 2.45) is 0 Å². The fourth-order valence-corrected chi connectivity index (χ4v) is 2.11. The van der Waals surface area contributed by atoms with Crippen LogP contribution in [-0.2, 0) is 0 Å². The first-order chi connectivity index (χ1) is 11.9. The Balaban J connectivity index is 1.79. The van der Waals surface area contributed by atoms with Gasteiger partial charge < -0.3 is 5.32 Å².